The average molecular weight is 382 g/mol. The highest BCUT2D eigenvalue weighted by molar-refractivity contribution is 5.96. The third-order valence-corrected chi connectivity index (χ3v) is 4.27. The summed E-state index contributed by atoms with van der Waals surface area (Å²) in [4.78, 5) is 37.6. The first-order valence-electron chi connectivity index (χ1n) is 9.24. The molecule has 0 unspecified atom stereocenters. The number of hydrogen-bond acceptors (Lipinski definition) is 4. The van der Waals surface area contributed by atoms with E-state index in [2.05, 4.69) is 5.32 Å². The summed E-state index contributed by atoms with van der Waals surface area (Å²) in [5, 5.41) is 2.78. The number of rotatable bonds is 7. The van der Waals surface area contributed by atoms with Crippen LogP contribution in [-0.4, -0.2) is 30.9 Å². The number of nitrogens with zero attached hydrogens (tertiary/aromatic N) is 1. The second-order valence-electron chi connectivity index (χ2n) is 6.56. The van der Waals surface area contributed by atoms with Gasteiger partial charge in [0.15, 0.2) is 0 Å². The van der Waals surface area contributed by atoms with Crippen molar-refractivity contribution < 1.29 is 19.1 Å². The zero-order valence-corrected chi connectivity index (χ0v) is 16.7. The minimum atomic E-state index is -0.397. The van der Waals surface area contributed by atoms with Crippen LogP contribution in [0.5, 0.6) is 0 Å². The lowest BCUT2D eigenvalue weighted by atomic mass is 10.1. The first kappa shape index (κ1) is 21.2. The summed E-state index contributed by atoms with van der Waals surface area (Å²) in [7, 11) is 0. The van der Waals surface area contributed by atoms with Gasteiger partial charge in [0.25, 0.3) is 0 Å². The number of hydrogen-bond donors (Lipinski definition) is 1. The van der Waals surface area contributed by atoms with Gasteiger partial charge in [0, 0.05) is 31.3 Å². The summed E-state index contributed by atoms with van der Waals surface area (Å²) in [5.74, 6) is -0.718. The van der Waals surface area contributed by atoms with Crippen LogP contribution >= 0.6 is 0 Å². The maximum absolute atomic E-state index is 12.3. The molecule has 0 aliphatic rings. The predicted octanol–water partition coefficient (Wildman–Crippen LogP) is 3.86. The van der Waals surface area contributed by atoms with Gasteiger partial charge in [-0.25, -0.2) is 4.79 Å². The van der Waals surface area contributed by atoms with Crippen molar-refractivity contribution in [2.24, 2.45) is 0 Å². The molecule has 0 saturated carbocycles. The molecule has 0 spiro atoms. The Morgan fingerprint density at radius 3 is 2.29 bits per heavy atom. The summed E-state index contributed by atoms with van der Waals surface area (Å²) < 4.78 is 4.93. The van der Waals surface area contributed by atoms with E-state index in [1.807, 2.05) is 32.0 Å². The zero-order chi connectivity index (χ0) is 20.7. The number of ether oxygens (including phenoxy) is 1. The Bertz CT molecular complexity index is 859. The Balaban J connectivity index is 1.98. The van der Waals surface area contributed by atoms with Gasteiger partial charge in [-0.05, 0) is 56.7 Å². The second-order valence-corrected chi connectivity index (χ2v) is 6.56. The van der Waals surface area contributed by atoms with Gasteiger partial charge in [0.05, 0.1) is 12.2 Å². The lowest BCUT2D eigenvalue weighted by Crippen LogP contribution is -2.32. The summed E-state index contributed by atoms with van der Waals surface area (Å²) in [5.41, 5.74) is 3.93. The fourth-order valence-electron chi connectivity index (χ4n) is 2.90. The van der Waals surface area contributed by atoms with Gasteiger partial charge in [-0.15, -0.1) is 0 Å². The Labute approximate surface area is 165 Å². The molecule has 0 aromatic heterocycles. The van der Waals surface area contributed by atoms with E-state index in [1.165, 1.54) is 6.92 Å². The van der Waals surface area contributed by atoms with Crippen molar-refractivity contribution in [2.75, 3.05) is 23.4 Å². The van der Waals surface area contributed by atoms with E-state index in [-0.39, 0.29) is 24.8 Å². The van der Waals surface area contributed by atoms with Crippen LogP contribution in [0.2, 0.25) is 0 Å². The smallest absolute Gasteiger partial charge is 0.338 e. The normalized spacial score (nSPS) is 10.3. The molecule has 0 radical (unpaired) electrons. The van der Waals surface area contributed by atoms with Crippen LogP contribution in [0.15, 0.2) is 42.5 Å². The fourth-order valence-corrected chi connectivity index (χ4v) is 2.90. The third-order valence-electron chi connectivity index (χ3n) is 4.27. The Hall–Kier alpha value is -3.15. The molecule has 6 nitrogen and oxygen atoms in total. The molecule has 2 rings (SSSR count). The highest BCUT2D eigenvalue weighted by Gasteiger charge is 2.16. The molecule has 0 saturated heterocycles. The van der Waals surface area contributed by atoms with Crippen LogP contribution in [0.3, 0.4) is 0 Å². The van der Waals surface area contributed by atoms with Gasteiger partial charge in [0.1, 0.15) is 0 Å². The minimum absolute atomic E-state index is 0.112. The van der Waals surface area contributed by atoms with Crippen molar-refractivity contribution in [1.29, 1.82) is 0 Å². The summed E-state index contributed by atoms with van der Waals surface area (Å²) >= 11 is 0. The zero-order valence-electron chi connectivity index (χ0n) is 16.7. The molecule has 0 bridgehead atoms. The van der Waals surface area contributed by atoms with Crippen molar-refractivity contribution in [3.05, 3.63) is 59.2 Å². The van der Waals surface area contributed by atoms with Crippen LogP contribution in [-0.2, 0) is 14.3 Å². The number of amides is 2. The number of benzene rings is 2. The molecule has 2 amide bonds. The molecule has 2 aromatic carbocycles. The molecule has 0 atom stereocenters. The number of aryl methyl sites for hydroxylation is 2. The van der Waals surface area contributed by atoms with Gasteiger partial charge in [-0.1, -0.05) is 17.7 Å². The number of esters is 1. The van der Waals surface area contributed by atoms with Crippen molar-refractivity contribution in [3.63, 3.8) is 0 Å². The third kappa shape index (κ3) is 5.67. The van der Waals surface area contributed by atoms with E-state index in [4.69, 9.17) is 4.74 Å². The van der Waals surface area contributed by atoms with Crippen molar-refractivity contribution in [3.8, 4) is 0 Å². The van der Waals surface area contributed by atoms with Gasteiger partial charge < -0.3 is 15.0 Å². The van der Waals surface area contributed by atoms with E-state index in [0.29, 0.717) is 17.9 Å². The Morgan fingerprint density at radius 1 is 1.04 bits per heavy atom. The van der Waals surface area contributed by atoms with Crippen LogP contribution < -0.4 is 10.2 Å². The van der Waals surface area contributed by atoms with E-state index < -0.39 is 5.97 Å². The SMILES string of the molecule is CCOC(=O)c1ccc(NC(=O)CCN(C(C)=O)c2ccc(C)cc2C)cc1. The summed E-state index contributed by atoms with van der Waals surface area (Å²) in [6.07, 6.45) is 0.159. The van der Waals surface area contributed by atoms with E-state index in [9.17, 15) is 14.4 Å². The maximum atomic E-state index is 12.3. The summed E-state index contributed by atoms with van der Waals surface area (Å²) in [6.45, 7) is 7.77. The number of anilines is 2. The van der Waals surface area contributed by atoms with Crippen molar-refractivity contribution >= 4 is 29.2 Å². The molecule has 0 heterocycles. The Kier molecular flexibility index (Phi) is 7.32. The van der Waals surface area contributed by atoms with E-state index in [1.54, 1.807) is 36.1 Å². The van der Waals surface area contributed by atoms with Crippen LogP contribution in [0.1, 0.15) is 41.8 Å². The van der Waals surface area contributed by atoms with Crippen LogP contribution in [0, 0.1) is 13.8 Å². The molecule has 6 heteroatoms. The fraction of sp³-hybridized carbons (Fsp3) is 0.318. The molecule has 2 aromatic rings. The largest absolute Gasteiger partial charge is 0.462 e. The van der Waals surface area contributed by atoms with Gasteiger partial charge in [0.2, 0.25) is 11.8 Å². The molecule has 0 fully saturated rings. The number of carbonyl (C=O) groups excluding carboxylic acids is 3. The molecule has 0 aliphatic carbocycles. The highest BCUT2D eigenvalue weighted by Crippen LogP contribution is 2.22. The van der Waals surface area contributed by atoms with Gasteiger partial charge >= 0.3 is 5.97 Å². The molecular weight excluding hydrogens is 356 g/mol. The van der Waals surface area contributed by atoms with Gasteiger partial charge in [-0.2, -0.15) is 0 Å². The van der Waals surface area contributed by atoms with E-state index in [0.717, 1.165) is 16.8 Å². The van der Waals surface area contributed by atoms with E-state index >= 15 is 0 Å². The number of nitrogens with one attached hydrogen (secondary N) is 1. The molecule has 0 aliphatic heterocycles. The Morgan fingerprint density at radius 2 is 1.71 bits per heavy atom. The maximum Gasteiger partial charge on any atom is 0.338 e. The molecular formula is C22H26N2O4. The predicted molar refractivity (Wildman–Crippen MR) is 110 cm³/mol. The number of carbonyl (C=O) groups is 3. The summed E-state index contributed by atoms with van der Waals surface area (Å²) in [6, 6.07) is 12.4. The van der Waals surface area contributed by atoms with Gasteiger partial charge in [-0.3, -0.25) is 9.59 Å². The minimum Gasteiger partial charge on any atom is -0.462 e. The second kappa shape index (κ2) is 9.69. The quantitative estimate of drug-likeness (QED) is 0.738. The van der Waals surface area contributed by atoms with Crippen LogP contribution in [0.4, 0.5) is 11.4 Å². The lowest BCUT2D eigenvalue weighted by Gasteiger charge is -2.23. The highest BCUT2D eigenvalue weighted by atomic mass is 16.5. The molecule has 1 N–H and O–H groups in total. The standard InChI is InChI=1S/C22H26N2O4/c1-5-28-22(27)18-7-9-19(10-8-18)23-21(26)12-13-24(17(4)25)20-11-6-15(2)14-16(20)3/h6-11,14H,5,12-13H2,1-4H3,(H,23,26). The monoisotopic (exact) mass is 382 g/mol. The first-order chi connectivity index (χ1) is 13.3. The molecule has 28 heavy (non-hydrogen) atoms. The lowest BCUT2D eigenvalue weighted by molar-refractivity contribution is -0.117. The molecule has 148 valence electrons. The topological polar surface area (TPSA) is 75.7 Å². The van der Waals surface area contributed by atoms with Crippen molar-refractivity contribution in [1.82, 2.24) is 0 Å². The first-order valence-corrected chi connectivity index (χ1v) is 9.24. The van der Waals surface area contributed by atoms with Crippen molar-refractivity contribution in [2.45, 2.75) is 34.1 Å². The van der Waals surface area contributed by atoms with Crippen LogP contribution in [0.25, 0.3) is 0 Å². The average Bonchev–Trinajstić information content (AvgIpc) is 2.64.